The summed E-state index contributed by atoms with van der Waals surface area (Å²) in [4.78, 5) is 0. The second kappa shape index (κ2) is 2.93. The smallest absolute Gasteiger partial charge is 0.0995 e. The van der Waals surface area contributed by atoms with Crippen molar-refractivity contribution in [3.8, 4) is 6.07 Å². The van der Waals surface area contributed by atoms with Crippen LogP contribution >= 0.6 is 15.9 Å². The van der Waals surface area contributed by atoms with Gasteiger partial charge in [-0.05, 0) is 24.6 Å². The number of anilines is 1. The molecule has 0 radical (unpaired) electrons. The Bertz CT molecular complexity index is 326. The summed E-state index contributed by atoms with van der Waals surface area (Å²) < 4.78 is 0.845. The molecule has 0 fully saturated rings. The maximum atomic E-state index is 8.64. The van der Waals surface area contributed by atoms with Crippen molar-refractivity contribution in [1.82, 2.24) is 0 Å². The van der Waals surface area contributed by atoms with Gasteiger partial charge in [0.05, 0.1) is 11.6 Å². The number of nitriles is 1. The highest BCUT2D eigenvalue weighted by Crippen LogP contribution is 2.21. The molecule has 0 saturated carbocycles. The average Bonchev–Trinajstić information content (AvgIpc) is 1.96. The summed E-state index contributed by atoms with van der Waals surface area (Å²) in [6, 6.07) is 5.61. The molecule has 0 heterocycles. The van der Waals surface area contributed by atoms with Crippen LogP contribution in [0.15, 0.2) is 16.6 Å². The van der Waals surface area contributed by atoms with Crippen LogP contribution in [0.2, 0.25) is 0 Å². The van der Waals surface area contributed by atoms with Crippen molar-refractivity contribution >= 4 is 21.6 Å². The standard InChI is InChI=1S/C8H7BrN2/c1-5-6(4-10)2-7(9)3-8(5)11/h2-3H,11H2,1H3. The zero-order chi connectivity index (χ0) is 8.43. The van der Waals surface area contributed by atoms with E-state index in [9.17, 15) is 0 Å². The van der Waals surface area contributed by atoms with Crippen LogP contribution < -0.4 is 5.73 Å². The van der Waals surface area contributed by atoms with Crippen LogP contribution in [-0.4, -0.2) is 0 Å². The predicted molar refractivity (Wildman–Crippen MR) is 48.0 cm³/mol. The van der Waals surface area contributed by atoms with Gasteiger partial charge in [-0.1, -0.05) is 15.9 Å². The molecule has 0 aromatic heterocycles. The normalized spacial score (nSPS) is 9.18. The number of nitrogens with two attached hydrogens (primary N) is 1. The van der Waals surface area contributed by atoms with Crippen molar-refractivity contribution in [3.05, 3.63) is 27.7 Å². The summed E-state index contributed by atoms with van der Waals surface area (Å²) in [5, 5.41) is 8.64. The predicted octanol–water partition coefficient (Wildman–Crippen LogP) is 2.21. The SMILES string of the molecule is Cc1c(N)cc(Br)cc1C#N. The molecule has 3 heteroatoms. The molecule has 1 aromatic rings. The van der Waals surface area contributed by atoms with E-state index in [1.165, 1.54) is 0 Å². The zero-order valence-corrected chi connectivity index (χ0v) is 7.64. The first kappa shape index (κ1) is 8.09. The maximum Gasteiger partial charge on any atom is 0.0995 e. The largest absolute Gasteiger partial charge is 0.398 e. The van der Waals surface area contributed by atoms with Gasteiger partial charge >= 0.3 is 0 Å². The average molecular weight is 211 g/mol. The molecule has 0 aliphatic rings. The third-order valence-electron chi connectivity index (χ3n) is 1.53. The van der Waals surface area contributed by atoms with Gasteiger partial charge in [-0.3, -0.25) is 0 Å². The van der Waals surface area contributed by atoms with Gasteiger partial charge in [0.1, 0.15) is 0 Å². The van der Waals surface area contributed by atoms with Gasteiger partial charge in [0, 0.05) is 10.2 Å². The lowest BCUT2D eigenvalue weighted by molar-refractivity contribution is 1.38. The second-order valence-electron chi connectivity index (χ2n) is 2.28. The summed E-state index contributed by atoms with van der Waals surface area (Å²) in [6.07, 6.45) is 0. The fourth-order valence-electron chi connectivity index (χ4n) is 0.816. The Kier molecular flexibility index (Phi) is 2.16. The third-order valence-corrected chi connectivity index (χ3v) is 1.99. The van der Waals surface area contributed by atoms with E-state index >= 15 is 0 Å². The van der Waals surface area contributed by atoms with Crippen molar-refractivity contribution in [2.24, 2.45) is 0 Å². The van der Waals surface area contributed by atoms with Crippen LogP contribution in [0.5, 0.6) is 0 Å². The van der Waals surface area contributed by atoms with E-state index < -0.39 is 0 Å². The molecule has 0 spiro atoms. The molecule has 0 aliphatic heterocycles. The quantitative estimate of drug-likeness (QED) is 0.668. The van der Waals surface area contributed by atoms with Gasteiger partial charge in [-0.15, -0.1) is 0 Å². The van der Waals surface area contributed by atoms with E-state index in [4.69, 9.17) is 11.0 Å². The van der Waals surface area contributed by atoms with Gasteiger partial charge in [0.25, 0.3) is 0 Å². The lowest BCUT2D eigenvalue weighted by atomic mass is 10.1. The molecule has 0 bridgehead atoms. The van der Waals surface area contributed by atoms with E-state index in [2.05, 4.69) is 22.0 Å². The van der Waals surface area contributed by atoms with Crippen molar-refractivity contribution in [3.63, 3.8) is 0 Å². The molecule has 1 aromatic carbocycles. The van der Waals surface area contributed by atoms with Gasteiger partial charge in [-0.25, -0.2) is 0 Å². The van der Waals surface area contributed by atoms with Crippen molar-refractivity contribution in [1.29, 1.82) is 5.26 Å². The molecule has 0 unspecified atom stereocenters. The molecule has 1 rings (SSSR count). The Morgan fingerprint density at radius 2 is 2.18 bits per heavy atom. The van der Waals surface area contributed by atoms with Crippen LogP contribution in [0.1, 0.15) is 11.1 Å². The summed E-state index contributed by atoms with van der Waals surface area (Å²) in [6.45, 7) is 1.83. The van der Waals surface area contributed by atoms with Gasteiger partial charge in [0.15, 0.2) is 0 Å². The van der Waals surface area contributed by atoms with Crippen LogP contribution in [0.4, 0.5) is 5.69 Å². The molecular formula is C8H7BrN2. The highest BCUT2D eigenvalue weighted by molar-refractivity contribution is 9.10. The topological polar surface area (TPSA) is 49.8 Å². The highest BCUT2D eigenvalue weighted by atomic mass is 79.9. The molecule has 0 atom stereocenters. The van der Waals surface area contributed by atoms with Crippen LogP contribution in [-0.2, 0) is 0 Å². The molecule has 2 N–H and O–H groups in total. The van der Waals surface area contributed by atoms with Crippen LogP contribution in [0.25, 0.3) is 0 Å². The van der Waals surface area contributed by atoms with E-state index in [1.807, 2.05) is 6.92 Å². The Morgan fingerprint density at radius 1 is 1.55 bits per heavy atom. The Hall–Kier alpha value is -1.01. The zero-order valence-electron chi connectivity index (χ0n) is 6.06. The van der Waals surface area contributed by atoms with Gasteiger partial charge < -0.3 is 5.73 Å². The monoisotopic (exact) mass is 210 g/mol. The molecule has 0 saturated heterocycles. The summed E-state index contributed by atoms with van der Waals surface area (Å²) in [7, 11) is 0. The fraction of sp³-hybridized carbons (Fsp3) is 0.125. The number of halogens is 1. The number of hydrogen-bond acceptors (Lipinski definition) is 2. The van der Waals surface area contributed by atoms with E-state index in [0.717, 1.165) is 10.0 Å². The minimum Gasteiger partial charge on any atom is -0.398 e. The molecule has 11 heavy (non-hydrogen) atoms. The Morgan fingerprint density at radius 3 is 2.73 bits per heavy atom. The number of nitrogens with zero attached hydrogens (tertiary/aromatic N) is 1. The van der Waals surface area contributed by atoms with Gasteiger partial charge in [-0.2, -0.15) is 5.26 Å². The van der Waals surface area contributed by atoms with E-state index in [-0.39, 0.29) is 0 Å². The first-order chi connectivity index (χ1) is 5.15. The maximum absolute atomic E-state index is 8.64. The van der Waals surface area contributed by atoms with E-state index in [1.54, 1.807) is 12.1 Å². The first-order valence-electron chi connectivity index (χ1n) is 3.11. The number of hydrogen-bond donors (Lipinski definition) is 1. The number of benzene rings is 1. The molecule has 0 aliphatic carbocycles. The highest BCUT2D eigenvalue weighted by Gasteiger charge is 2.01. The van der Waals surface area contributed by atoms with Crippen LogP contribution in [0, 0.1) is 18.3 Å². The summed E-state index contributed by atoms with van der Waals surface area (Å²) in [5.74, 6) is 0. The number of nitrogen functional groups attached to an aromatic ring is 1. The van der Waals surface area contributed by atoms with Crippen LogP contribution in [0.3, 0.4) is 0 Å². The van der Waals surface area contributed by atoms with Crippen molar-refractivity contribution in [2.75, 3.05) is 5.73 Å². The van der Waals surface area contributed by atoms with Crippen molar-refractivity contribution in [2.45, 2.75) is 6.92 Å². The second-order valence-corrected chi connectivity index (χ2v) is 3.20. The lowest BCUT2D eigenvalue weighted by Gasteiger charge is -2.01. The van der Waals surface area contributed by atoms with Gasteiger partial charge in [0.2, 0.25) is 0 Å². The Balaban J connectivity index is 3.39. The Labute approximate surface area is 73.8 Å². The minimum absolute atomic E-state index is 0.622. The van der Waals surface area contributed by atoms with Crippen molar-refractivity contribution < 1.29 is 0 Å². The summed E-state index contributed by atoms with van der Waals surface area (Å²) in [5.41, 5.74) is 7.73. The molecule has 0 amide bonds. The summed E-state index contributed by atoms with van der Waals surface area (Å²) >= 11 is 3.26. The molecular weight excluding hydrogens is 204 g/mol. The lowest BCUT2D eigenvalue weighted by Crippen LogP contribution is -1.92. The first-order valence-corrected chi connectivity index (χ1v) is 3.90. The molecule has 56 valence electrons. The number of rotatable bonds is 0. The third kappa shape index (κ3) is 1.52. The van der Waals surface area contributed by atoms with E-state index in [0.29, 0.717) is 11.3 Å². The fourth-order valence-corrected chi connectivity index (χ4v) is 1.29. The minimum atomic E-state index is 0.622. The molecule has 2 nitrogen and oxygen atoms in total.